The van der Waals surface area contributed by atoms with E-state index >= 15 is 0 Å². The number of esters is 1. The monoisotopic (exact) mass is 533 g/mol. The van der Waals surface area contributed by atoms with Gasteiger partial charge in [-0.05, 0) is 83.9 Å². The molecule has 0 fully saturated rings. The molecular weight excluding hydrogens is 486 g/mol. The molecule has 1 aromatic carbocycles. The second kappa shape index (κ2) is 15.3. The van der Waals surface area contributed by atoms with Crippen molar-refractivity contribution in [3.05, 3.63) is 34.9 Å². The number of amides is 3. The molecule has 38 heavy (non-hydrogen) atoms. The van der Waals surface area contributed by atoms with Crippen molar-refractivity contribution in [2.45, 2.75) is 99.3 Å². The van der Waals surface area contributed by atoms with Crippen molar-refractivity contribution in [1.29, 1.82) is 0 Å². The van der Waals surface area contributed by atoms with Gasteiger partial charge in [-0.25, -0.2) is 4.79 Å². The Hall–Kier alpha value is -3.10. The van der Waals surface area contributed by atoms with Crippen molar-refractivity contribution >= 4 is 23.9 Å². The summed E-state index contributed by atoms with van der Waals surface area (Å²) in [4.78, 5) is 53.0. The van der Waals surface area contributed by atoms with E-state index in [9.17, 15) is 19.2 Å². The Morgan fingerprint density at radius 3 is 2.24 bits per heavy atom. The van der Waals surface area contributed by atoms with Crippen LogP contribution in [-0.2, 0) is 23.9 Å². The van der Waals surface area contributed by atoms with Gasteiger partial charge in [-0.1, -0.05) is 32.0 Å². The van der Waals surface area contributed by atoms with Gasteiger partial charge in [-0.3, -0.25) is 14.4 Å². The molecule has 0 aliphatic carbocycles. The van der Waals surface area contributed by atoms with Crippen molar-refractivity contribution in [2.75, 3.05) is 19.7 Å². The van der Waals surface area contributed by atoms with Crippen LogP contribution in [0.15, 0.2) is 18.2 Å². The average molecular weight is 534 g/mol. The highest BCUT2D eigenvalue weighted by atomic mass is 16.6. The number of hydrogen-bond donors (Lipinski definition) is 2. The lowest BCUT2D eigenvalue weighted by Gasteiger charge is -2.37. The standard InChI is InChI=1S/C29H47N3O6/c1-10-37-25(34)16-17-30-27(35)26(23-13-11-12-20(4)22(23)6)32(21(5)15-14-19(2)3)24(33)18-31-28(36)38-29(7,8)9/h11-13,19,21,26H,10,14-18H2,1-9H3,(H,30,35)(H,31,36). The molecule has 2 atom stereocenters. The van der Waals surface area contributed by atoms with E-state index in [0.29, 0.717) is 17.9 Å². The van der Waals surface area contributed by atoms with Crippen LogP contribution in [0.2, 0.25) is 0 Å². The van der Waals surface area contributed by atoms with Crippen molar-refractivity contribution < 1.29 is 28.7 Å². The van der Waals surface area contributed by atoms with Crippen LogP contribution in [0.5, 0.6) is 0 Å². The molecule has 0 aliphatic rings. The third kappa shape index (κ3) is 11.1. The van der Waals surface area contributed by atoms with Crippen LogP contribution < -0.4 is 10.6 Å². The first kappa shape index (κ1) is 32.9. The summed E-state index contributed by atoms with van der Waals surface area (Å²) in [6, 6.07) is 4.40. The highest BCUT2D eigenvalue weighted by Crippen LogP contribution is 2.30. The number of benzene rings is 1. The molecule has 9 nitrogen and oxygen atoms in total. The van der Waals surface area contributed by atoms with Crippen molar-refractivity contribution in [3.8, 4) is 0 Å². The summed E-state index contributed by atoms with van der Waals surface area (Å²) in [5, 5.41) is 5.36. The minimum Gasteiger partial charge on any atom is -0.466 e. The molecule has 214 valence electrons. The Labute approximate surface area is 228 Å². The lowest BCUT2D eigenvalue weighted by atomic mass is 9.93. The third-order valence-electron chi connectivity index (χ3n) is 6.11. The average Bonchev–Trinajstić information content (AvgIpc) is 2.80. The summed E-state index contributed by atoms with van der Waals surface area (Å²) in [5.74, 6) is -0.800. The number of hydrogen-bond acceptors (Lipinski definition) is 6. The van der Waals surface area contributed by atoms with Crippen LogP contribution in [0.4, 0.5) is 4.79 Å². The number of aryl methyl sites for hydroxylation is 1. The third-order valence-corrected chi connectivity index (χ3v) is 6.11. The topological polar surface area (TPSA) is 114 Å². The molecule has 0 aromatic heterocycles. The molecule has 0 saturated carbocycles. The quantitative estimate of drug-likeness (QED) is 0.359. The van der Waals surface area contributed by atoms with Crippen LogP contribution in [0.1, 0.15) is 90.5 Å². The lowest BCUT2D eigenvalue weighted by Crippen LogP contribution is -2.51. The first-order chi connectivity index (χ1) is 17.7. The van der Waals surface area contributed by atoms with E-state index in [1.165, 1.54) is 0 Å². The number of carbonyl (C=O) groups excluding carboxylic acids is 4. The maximum atomic E-state index is 13.7. The minimum atomic E-state index is -0.952. The second-order valence-electron chi connectivity index (χ2n) is 11.0. The molecule has 3 amide bonds. The van der Waals surface area contributed by atoms with E-state index < -0.39 is 35.5 Å². The van der Waals surface area contributed by atoms with Gasteiger partial charge in [0.25, 0.3) is 0 Å². The fraction of sp³-hybridized carbons (Fsp3) is 0.655. The van der Waals surface area contributed by atoms with Crippen LogP contribution in [0, 0.1) is 19.8 Å². The van der Waals surface area contributed by atoms with E-state index in [1.807, 2.05) is 39.0 Å². The number of alkyl carbamates (subject to hydrolysis) is 1. The van der Waals surface area contributed by atoms with Gasteiger partial charge in [0.15, 0.2) is 0 Å². The Balaban J connectivity index is 3.37. The van der Waals surface area contributed by atoms with E-state index in [-0.39, 0.29) is 32.2 Å². The molecule has 0 aliphatic heterocycles. The fourth-order valence-electron chi connectivity index (χ4n) is 4.02. The summed E-state index contributed by atoms with van der Waals surface area (Å²) in [7, 11) is 0. The minimum absolute atomic E-state index is 0.0240. The molecule has 0 heterocycles. The molecule has 1 rings (SSSR count). The molecule has 0 saturated heterocycles. The first-order valence-corrected chi connectivity index (χ1v) is 13.4. The highest BCUT2D eigenvalue weighted by Gasteiger charge is 2.36. The van der Waals surface area contributed by atoms with E-state index in [4.69, 9.17) is 9.47 Å². The van der Waals surface area contributed by atoms with Crippen LogP contribution in [-0.4, -0.2) is 60.1 Å². The van der Waals surface area contributed by atoms with E-state index in [1.54, 1.807) is 32.6 Å². The first-order valence-electron chi connectivity index (χ1n) is 13.4. The predicted octanol–water partition coefficient (Wildman–Crippen LogP) is 4.59. The Kier molecular flexibility index (Phi) is 13.3. The maximum Gasteiger partial charge on any atom is 0.408 e. The van der Waals surface area contributed by atoms with Crippen molar-refractivity contribution in [3.63, 3.8) is 0 Å². The highest BCUT2D eigenvalue weighted by molar-refractivity contribution is 5.91. The molecule has 9 heteroatoms. The Bertz CT molecular complexity index is 954. The van der Waals surface area contributed by atoms with Crippen molar-refractivity contribution in [1.82, 2.24) is 15.5 Å². The van der Waals surface area contributed by atoms with Gasteiger partial charge in [0, 0.05) is 12.6 Å². The van der Waals surface area contributed by atoms with Crippen molar-refractivity contribution in [2.24, 2.45) is 5.92 Å². The number of ether oxygens (including phenoxy) is 2. The summed E-state index contributed by atoms with van der Waals surface area (Å²) < 4.78 is 10.3. The predicted molar refractivity (Wildman–Crippen MR) is 148 cm³/mol. The SMILES string of the molecule is CCOC(=O)CCNC(=O)C(c1cccc(C)c1C)N(C(=O)CNC(=O)OC(C)(C)C)C(C)CCC(C)C. The van der Waals surface area contributed by atoms with Gasteiger partial charge in [0.1, 0.15) is 18.2 Å². The molecule has 0 radical (unpaired) electrons. The lowest BCUT2D eigenvalue weighted by molar-refractivity contribution is -0.144. The summed E-state index contributed by atoms with van der Waals surface area (Å²) in [5.41, 5.74) is 1.87. The number of rotatable bonds is 13. The summed E-state index contributed by atoms with van der Waals surface area (Å²) in [6.07, 6.45) is 0.848. The zero-order valence-electron chi connectivity index (χ0n) is 24.6. The number of carbonyl (C=O) groups is 4. The van der Waals surface area contributed by atoms with Gasteiger partial charge >= 0.3 is 12.1 Å². The number of nitrogens with one attached hydrogen (secondary N) is 2. The van der Waals surface area contributed by atoms with Gasteiger partial charge in [0.2, 0.25) is 11.8 Å². The van der Waals surface area contributed by atoms with Gasteiger partial charge < -0.3 is 25.0 Å². The molecule has 2 unspecified atom stereocenters. The molecule has 0 bridgehead atoms. The molecule has 0 spiro atoms. The zero-order valence-corrected chi connectivity index (χ0v) is 24.6. The largest absolute Gasteiger partial charge is 0.466 e. The fourth-order valence-corrected chi connectivity index (χ4v) is 4.02. The van der Waals surface area contributed by atoms with Crippen LogP contribution in [0.25, 0.3) is 0 Å². The number of nitrogens with zero attached hydrogens (tertiary/aromatic N) is 1. The van der Waals surface area contributed by atoms with Gasteiger partial charge in [-0.2, -0.15) is 0 Å². The molecule has 1 aromatic rings. The van der Waals surface area contributed by atoms with E-state index in [2.05, 4.69) is 24.5 Å². The second-order valence-corrected chi connectivity index (χ2v) is 11.0. The maximum absolute atomic E-state index is 13.7. The zero-order chi connectivity index (χ0) is 29.0. The normalized spacial score (nSPS) is 12.9. The van der Waals surface area contributed by atoms with Crippen LogP contribution in [0.3, 0.4) is 0 Å². The van der Waals surface area contributed by atoms with Crippen LogP contribution >= 0.6 is 0 Å². The smallest absolute Gasteiger partial charge is 0.408 e. The molecule has 2 N–H and O–H groups in total. The van der Waals surface area contributed by atoms with Gasteiger partial charge in [-0.15, -0.1) is 0 Å². The summed E-state index contributed by atoms with van der Waals surface area (Å²) in [6.45, 7) is 17.0. The van der Waals surface area contributed by atoms with E-state index in [0.717, 1.165) is 17.5 Å². The molecular formula is C29H47N3O6. The van der Waals surface area contributed by atoms with Gasteiger partial charge in [0.05, 0.1) is 13.0 Å². The Morgan fingerprint density at radius 2 is 1.66 bits per heavy atom. The Morgan fingerprint density at radius 1 is 1.00 bits per heavy atom. The summed E-state index contributed by atoms with van der Waals surface area (Å²) >= 11 is 0.